The van der Waals surface area contributed by atoms with E-state index >= 15 is 0 Å². The van der Waals surface area contributed by atoms with Gasteiger partial charge in [0.25, 0.3) is 0 Å². The van der Waals surface area contributed by atoms with E-state index in [1.54, 1.807) is 24.3 Å². The Morgan fingerprint density at radius 1 is 0.447 bits per heavy atom. The minimum atomic E-state index is -0.288. The van der Waals surface area contributed by atoms with Gasteiger partial charge in [0.15, 0.2) is 5.78 Å². The zero-order chi connectivity index (χ0) is 26.4. The van der Waals surface area contributed by atoms with Gasteiger partial charge in [-0.15, -0.1) is 0 Å². The van der Waals surface area contributed by atoms with E-state index in [1.165, 1.54) is 24.3 Å². The van der Waals surface area contributed by atoms with Gasteiger partial charge in [0, 0.05) is 34.4 Å². The SMILES string of the molecule is O=C(c1c(-c2ccc(O)cc2O)ccc2ccccc12)c1c(-c2ccc(O)cc2O)ccc2ccccc12. The van der Waals surface area contributed by atoms with Gasteiger partial charge in [0.05, 0.1) is 0 Å². The van der Waals surface area contributed by atoms with Crippen LogP contribution in [0, 0.1) is 0 Å². The van der Waals surface area contributed by atoms with E-state index in [1.807, 2.05) is 60.7 Å². The Labute approximate surface area is 218 Å². The zero-order valence-electron chi connectivity index (χ0n) is 20.1. The van der Waals surface area contributed by atoms with Crippen molar-refractivity contribution in [3.05, 3.63) is 120 Å². The molecule has 4 N–H and O–H groups in total. The van der Waals surface area contributed by atoms with Crippen LogP contribution in [0.1, 0.15) is 15.9 Å². The van der Waals surface area contributed by atoms with E-state index in [2.05, 4.69) is 0 Å². The summed E-state index contributed by atoms with van der Waals surface area (Å²) < 4.78 is 0. The van der Waals surface area contributed by atoms with E-state index < -0.39 is 0 Å². The maximum atomic E-state index is 14.8. The summed E-state index contributed by atoms with van der Waals surface area (Å²) in [5.41, 5.74) is 2.62. The van der Waals surface area contributed by atoms with Crippen LogP contribution in [0.5, 0.6) is 23.0 Å². The molecule has 0 radical (unpaired) electrons. The summed E-state index contributed by atoms with van der Waals surface area (Å²) in [5.74, 6) is -0.756. The highest BCUT2D eigenvalue weighted by molar-refractivity contribution is 6.27. The molecule has 6 aromatic rings. The van der Waals surface area contributed by atoms with Crippen molar-refractivity contribution in [3.8, 4) is 45.3 Å². The Morgan fingerprint density at radius 3 is 1.26 bits per heavy atom. The van der Waals surface area contributed by atoms with Gasteiger partial charge in [-0.2, -0.15) is 0 Å². The molecular weight excluding hydrogens is 476 g/mol. The molecule has 0 aliphatic heterocycles. The number of aromatic hydroxyl groups is 4. The fourth-order valence-electron chi connectivity index (χ4n) is 5.10. The summed E-state index contributed by atoms with van der Waals surface area (Å²) in [5, 5.41) is 44.3. The average molecular weight is 499 g/mol. The summed E-state index contributed by atoms with van der Waals surface area (Å²) >= 11 is 0. The minimum Gasteiger partial charge on any atom is -0.508 e. The first-order valence-corrected chi connectivity index (χ1v) is 12.1. The van der Waals surface area contributed by atoms with Crippen molar-refractivity contribution in [2.75, 3.05) is 0 Å². The highest BCUT2D eigenvalue weighted by Gasteiger charge is 2.25. The van der Waals surface area contributed by atoms with Crippen molar-refractivity contribution in [2.45, 2.75) is 0 Å². The first kappa shape index (κ1) is 23.1. The van der Waals surface area contributed by atoms with Crippen LogP contribution in [0.2, 0.25) is 0 Å². The minimum absolute atomic E-state index is 0.0842. The maximum absolute atomic E-state index is 14.8. The molecule has 38 heavy (non-hydrogen) atoms. The second kappa shape index (κ2) is 8.98. The third-order valence-corrected chi connectivity index (χ3v) is 6.86. The molecule has 0 unspecified atom stereocenters. The molecule has 0 aliphatic carbocycles. The van der Waals surface area contributed by atoms with Crippen LogP contribution >= 0.6 is 0 Å². The first-order chi connectivity index (χ1) is 18.4. The number of benzene rings is 6. The van der Waals surface area contributed by atoms with Crippen molar-refractivity contribution in [1.29, 1.82) is 0 Å². The number of hydrogen-bond acceptors (Lipinski definition) is 5. The third kappa shape index (κ3) is 3.78. The van der Waals surface area contributed by atoms with Gasteiger partial charge in [-0.05, 0) is 56.9 Å². The molecule has 0 spiro atoms. The van der Waals surface area contributed by atoms with Crippen molar-refractivity contribution in [3.63, 3.8) is 0 Å². The average Bonchev–Trinajstić information content (AvgIpc) is 2.92. The Balaban J connectivity index is 1.71. The van der Waals surface area contributed by atoms with Gasteiger partial charge in [0.2, 0.25) is 0 Å². The number of phenolic OH excluding ortho intramolecular Hbond substituents is 4. The zero-order valence-corrected chi connectivity index (χ0v) is 20.1. The molecule has 0 aromatic heterocycles. The molecule has 5 nitrogen and oxygen atoms in total. The molecule has 0 aliphatic rings. The van der Waals surface area contributed by atoms with Crippen LogP contribution in [-0.2, 0) is 0 Å². The van der Waals surface area contributed by atoms with Gasteiger partial charge in [-0.1, -0.05) is 72.8 Å². The van der Waals surface area contributed by atoms with Gasteiger partial charge in [-0.3, -0.25) is 4.79 Å². The van der Waals surface area contributed by atoms with Crippen LogP contribution in [-0.4, -0.2) is 26.2 Å². The number of carbonyl (C=O) groups excluding carboxylic acids is 1. The van der Waals surface area contributed by atoms with Crippen molar-refractivity contribution in [2.24, 2.45) is 0 Å². The van der Waals surface area contributed by atoms with Crippen LogP contribution in [0.3, 0.4) is 0 Å². The van der Waals surface area contributed by atoms with E-state index in [0.29, 0.717) is 44.2 Å². The van der Waals surface area contributed by atoms with E-state index in [-0.39, 0.29) is 28.8 Å². The maximum Gasteiger partial charge on any atom is 0.195 e. The normalized spacial score (nSPS) is 11.2. The molecule has 0 saturated heterocycles. The number of hydrogen-bond donors (Lipinski definition) is 4. The highest BCUT2D eigenvalue weighted by Crippen LogP contribution is 2.42. The predicted octanol–water partition coefficient (Wildman–Crippen LogP) is 7.38. The van der Waals surface area contributed by atoms with Crippen LogP contribution in [0.25, 0.3) is 43.8 Å². The summed E-state index contributed by atoms with van der Waals surface area (Å²) in [6, 6.07) is 31.1. The van der Waals surface area contributed by atoms with Crippen LogP contribution < -0.4 is 0 Å². The molecule has 0 heterocycles. The quantitative estimate of drug-likeness (QED) is 0.190. The lowest BCUT2D eigenvalue weighted by atomic mass is 9.84. The highest BCUT2D eigenvalue weighted by atomic mass is 16.3. The van der Waals surface area contributed by atoms with Gasteiger partial charge in [0.1, 0.15) is 23.0 Å². The predicted molar refractivity (Wildman–Crippen MR) is 149 cm³/mol. The van der Waals surface area contributed by atoms with E-state index in [4.69, 9.17) is 0 Å². The lowest BCUT2D eigenvalue weighted by Crippen LogP contribution is -2.08. The number of rotatable bonds is 4. The first-order valence-electron chi connectivity index (χ1n) is 12.1. The molecule has 6 aromatic carbocycles. The lowest BCUT2D eigenvalue weighted by molar-refractivity contribution is 0.104. The van der Waals surface area contributed by atoms with Crippen LogP contribution in [0.4, 0.5) is 0 Å². The topological polar surface area (TPSA) is 98.0 Å². The third-order valence-electron chi connectivity index (χ3n) is 6.86. The fraction of sp³-hybridized carbons (Fsp3) is 0. The molecule has 5 heteroatoms. The molecule has 0 fully saturated rings. The summed E-state index contributed by atoms with van der Waals surface area (Å²) in [6.07, 6.45) is 0. The molecule has 0 atom stereocenters. The second-order valence-electron chi connectivity index (χ2n) is 9.15. The Kier molecular flexibility index (Phi) is 5.47. The summed E-state index contributed by atoms with van der Waals surface area (Å²) in [7, 11) is 0. The molecule has 0 bridgehead atoms. The molecule has 0 amide bonds. The smallest absolute Gasteiger partial charge is 0.195 e. The fourth-order valence-corrected chi connectivity index (χ4v) is 5.10. The van der Waals surface area contributed by atoms with E-state index in [9.17, 15) is 25.2 Å². The number of carbonyl (C=O) groups is 1. The Hall–Kier alpha value is -5.29. The van der Waals surface area contributed by atoms with Crippen molar-refractivity contribution >= 4 is 27.3 Å². The van der Waals surface area contributed by atoms with Gasteiger partial charge < -0.3 is 20.4 Å². The Bertz CT molecular complexity index is 1750. The van der Waals surface area contributed by atoms with Crippen molar-refractivity contribution in [1.82, 2.24) is 0 Å². The number of ketones is 1. The molecular formula is C33H22O5. The number of phenols is 4. The number of fused-ring (bicyclic) bond motifs is 2. The Morgan fingerprint density at radius 2 is 0.842 bits per heavy atom. The summed E-state index contributed by atoms with van der Waals surface area (Å²) in [4.78, 5) is 14.8. The second-order valence-corrected chi connectivity index (χ2v) is 9.15. The van der Waals surface area contributed by atoms with Crippen LogP contribution in [0.15, 0.2) is 109 Å². The molecule has 184 valence electrons. The largest absolute Gasteiger partial charge is 0.508 e. The monoisotopic (exact) mass is 498 g/mol. The van der Waals surface area contributed by atoms with Gasteiger partial charge in [-0.25, -0.2) is 0 Å². The molecule has 6 rings (SSSR count). The van der Waals surface area contributed by atoms with Gasteiger partial charge >= 0.3 is 0 Å². The standard InChI is InChI=1S/C33H22O5/c34-21-11-15-25(29(36)17-21)27-13-9-19-5-1-3-7-23(19)31(27)33(38)32-24-8-4-2-6-20(24)10-14-28(32)26-16-12-22(35)18-30(26)37/h1-18,34-37H. The summed E-state index contributed by atoms with van der Waals surface area (Å²) in [6.45, 7) is 0. The van der Waals surface area contributed by atoms with Crippen molar-refractivity contribution < 1.29 is 25.2 Å². The molecule has 0 saturated carbocycles. The lowest BCUT2D eigenvalue weighted by Gasteiger charge is -2.18. The van der Waals surface area contributed by atoms with E-state index in [0.717, 1.165) is 10.8 Å².